The Morgan fingerprint density at radius 2 is 1.86 bits per heavy atom. The first kappa shape index (κ1) is 27.1. The van der Waals surface area contributed by atoms with Crippen LogP contribution in [0.25, 0.3) is 0 Å². The molecule has 0 bridgehead atoms. The lowest BCUT2D eigenvalue weighted by atomic mass is 9.63. The van der Waals surface area contributed by atoms with Gasteiger partial charge >= 0.3 is 0 Å². The van der Waals surface area contributed by atoms with E-state index in [0.29, 0.717) is 0 Å². The minimum absolute atomic E-state index is 0.0625. The Bertz CT molecular complexity index is 733. The molecule has 2 rings (SSSR count). The summed E-state index contributed by atoms with van der Waals surface area (Å²) in [7, 11) is 2.84. The molecule has 1 saturated carbocycles. The molecule has 1 aromatic carbocycles. The standard InChI is InChI=1S/C19H25NO.C4H8F2.CH4O/c1-6-16-12-19(15(4)21,11-10-18(16)20-5)17-9-7-8-13(2)14(17)3;1-3-4(2,5)6;1-2/h6-9H,10-12H2,1-5H3;3H2,1-2H3;2H,1H3/b16-6-,20-18?;;. The second-order valence-electron chi connectivity index (χ2n) is 7.47. The number of aliphatic imine (C=N–C) groups is 1. The van der Waals surface area contributed by atoms with Crippen LogP contribution < -0.4 is 0 Å². The highest BCUT2D eigenvalue weighted by Gasteiger charge is 2.42. The van der Waals surface area contributed by atoms with Gasteiger partial charge in [-0.3, -0.25) is 9.79 Å². The maximum atomic E-state index is 12.6. The number of hydrogen-bond acceptors (Lipinski definition) is 3. The Hall–Kier alpha value is -1.88. The molecule has 29 heavy (non-hydrogen) atoms. The molecule has 1 aliphatic rings. The highest BCUT2D eigenvalue weighted by Crippen LogP contribution is 2.43. The molecule has 0 spiro atoms. The molecule has 1 aliphatic carbocycles. The normalized spacial score (nSPS) is 21.8. The number of carbonyl (C=O) groups is 1. The van der Waals surface area contributed by atoms with E-state index >= 15 is 0 Å². The average Bonchev–Trinajstić information content (AvgIpc) is 2.70. The summed E-state index contributed by atoms with van der Waals surface area (Å²) in [5.74, 6) is -2.19. The molecule has 0 aromatic heterocycles. The Morgan fingerprint density at radius 1 is 1.31 bits per heavy atom. The number of hydrogen-bond donors (Lipinski definition) is 1. The smallest absolute Gasteiger partial charge is 0.245 e. The SMILES string of the molecule is C/C=C1/CC(C(C)=O)(c2cccc(C)c2C)CCC1=NC.CCC(C)(F)F.CO. The lowest BCUT2D eigenvalue weighted by Crippen LogP contribution is -2.40. The van der Waals surface area contributed by atoms with E-state index in [1.807, 2.05) is 14.0 Å². The molecular formula is C24H37F2NO2. The van der Waals surface area contributed by atoms with Crippen LogP contribution in [0.2, 0.25) is 0 Å². The number of aliphatic hydroxyl groups is 1. The summed E-state index contributed by atoms with van der Waals surface area (Å²) >= 11 is 0. The highest BCUT2D eigenvalue weighted by molar-refractivity contribution is 6.04. The minimum atomic E-state index is -2.46. The molecule has 0 saturated heterocycles. The average molecular weight is 410 g/mol. The molecule has 1 aromatic rings. The van der Waals surface area contributed by atoms with Gasteiger partial charge in [0.2, 0.25) is 5.92 Å². The first-order valence-electron chi connectivity index (χ1n) is 10.0. The zero-order chi connectivity index (χ0) is 22.8. The second kappa shape index (κ2) is 12.0. The zero-order valence-electron chi connectivity index (χ0n) is 19.2. The first-order chi connectivity index (χ1) is 13.5. The maximum absolute atomic E-state index is 12.6. The number of alkyl halides is 2. The van der Waals surface area contributed by atoms with Crippen LogP contribution in [0.5, 0.6) is 0 Å². The fourth-order valence-electron chi connectivity index (χ4n) is 3.52. The van der Waals surface area contributed by atoms with Crippen molar-refractivity contribution in [2.24, 2.45) is 4.99 Å². The quantitative estimate of drug-likeness (QED) is 0.666. The van der Waals surface area contributed by atoms with Crippen molar-refractivity contribution in [1.82, 2.24) is 0 Å². The van der Waals surface area contributed by atoms with E-state index in [4.69, 9.17) is 5.11 Å². The van der Waals surface area contributed by atoms with E-state index in [-0.39, 0.29) is 17.6 Å². The van der Waals surface area contributed by atoms with Gasteiger partial charge in [-0.05, 0) is 76.1 Å². The number of ketones is 1. The molecule has 1 N–H and O–H groups in total. The number of aliphatic hydroxyl groups excluding tert-OH is 1. The number of carbonyl (C=O) groups excluding carboxylic acids is 1. The van der Waals surface area contributed by atoms with Gasteiger partial charge in [0, 0.05) is 26.3 Å². The summed E-state index contributed by atoms with van der Waals surface area (Å²) in [5.41, 5.74) is 5.70. The van der Waals surface area contributed by atoms with Crippen LogP contribution in [-0.2, 0) is 10.2 Å². The number of Topliss-reactive ketones (excluding diaryl/α,β-unsaturated/α-hetero) is 1. The van der Waals surface area contributed by atoms with Gasteiger partial charge in [-0.2, -0.15) is 0 Å². The number of benzene rings is 1. The molecular weight excluding hydrogens is 372 g/mol. The fourth-order valence-corrected chi connectivity index (χ4v) is 3.52. The van der Waals surface area contributed by atoms with Gasteiger partial charge in [0.05, 0.1) is 5.41 Å². The minimum Gasteiger partial charge on any atom is -0.400 e. The molecule has 0 heterocycles. The highest BCUT2D eigenvalue weighted by atomic mass is 19.3. The number of rotatable bonds is 3. The zero-order valence-corrected chi connectivity index (χ0v) is 19.2. The number of allylic oxidation sites excluding steroid dienone is 2. The van der Waals surface area contributed by atoms with E-state index in [0.717, 1.165) is 39.0 Å². The van der Waals surface area contributed by atoms with Crippen LogP contribution in [0.15, 0.2) is 34.8 Å². The summed E-state index contributed by atoms with van der Waals surface area (Å²) in [4.78, 5) is 17.0. The third kappa shape index (κ3) is 7.14. The molecule has 5 heteroatoms. The summed E-state index contributed by atoms with van der Waals surface area (Å²) in [6, 6.07) is 6.32. The van der Waals surface area contributed by atoms with Crippen LogP contribution >= 0.6 is 0 Å². The van der Waals surface area contributed by atoms with Crippen LogP contribution in [0, 0.1) is 13.8 Å². The predicted octanol–water partition coefficient (Wildman–Crippen LogP) is 5.99. The van der Waals surface area contributed by atoms with Crippen molar-refractivity contribution in [2.45, 2.75) is 78.6 Å². The summed E-state index contributed by atoms with van der Waals surface area (Å²) in [6.45, 7) is 10.4. The van der Waals surface area contributed by atoms with Gasteiger partial charge in [0.25, 0.3) is 0 Å². The van der Waals surface area contributed by atoms with E-state index in [1.165, 1.54) is 29.2 Å². The van der Waals surface area contributed by atoms with Gasteiger partial charge in [-0.1, -0.05) is 31.2 Å². The summed E-state index contributed by atoms with van der Waals surface area (Å²) in [6.07, 6.45) is 4.56. The van der Waals surface area contributed by atoms with E-state index in [9.17, 15) is 13.6 Å². The molecule has 164 valence electrons. The molecule has 0 radical (unpaired) electrons. The molecule has 0 amide bonds. The molecule has 1 fully saturated rings. The second-order valence-corrected chi connectivity index (χ2v) is 7.47. The third-order valence-electron chi connectivity index (χ3n) is 5.68. The molecule has 0 aliphatic heterocycles. The third-order valence-corrected chi connectivity index (χ3v) is 5.68. The fraction of sp³-hybridized carbons (Fsp3) is 0.583. The van der Waals surface area contributed by atoms with Crippen molar-refractivity contribution >= 4 is 11.5 Å². The first-order valence-corrected chi connectivity index (χ1v) is 10.0. The van der Waals surface area contributed by atoms with Crippen molar-refractivity contribution in [2.75, 3.05) is 14.2 Å². The van der Waals surface area contributed by atoms with E-state index in [1.54, 1.807) is 6.92 Å². The Labute approximate surface area is 174 Å². The summed E-state index contributed by atoms with van der Waals surface area (Å²) < 4.78 is 22.9. The Morgan fingerprint density at radius 3 is 2.28 bits per heavy atom. The van der Waals surface area contributed by atoms with Gasteiger partial charge in [0.1, 0.15) is 5.78 Å². The van der Waals surface area contributed by atoms with Crippen LogP contribution in [0.3, 0.4) is 0 Å². The number of halogens is 2. The number of aryl methyl sites for hydroxylation is 1. The lowest BCUT2D eigenvalue weighted by molar-refractivity contribution is -0.122. The Kier molecular flexibility index (Phi) is 11.2. The molecule has 3 nitrogen and oxygen atoms in total. The number of nitrogens with zero attached hydrogens (tertiary/aromatic N) is 1. The van der Waals surface area contributed by atoms with E-state index in [2.05, 4.69) is 43.1 Å². The molecule has 1 unspecified atom stereocenters. The van der Waals surface area contributed by atoms with Gasteiger partial charge in [-0.15, -0.1) is 0 Å². The van der Waals surface area contributed by atoms with E-state index < -0.39 is 5.92 Å². The van der Waals surface area contributed by atoms with Crippen molar-refractivity contribution in [1.29, 1.82) is 0 Å². The maximum Gasteiger partial charge on any atom is 0.245 e. The van der Waals surface area contributed by atoms with Crippen molar-refractivity contribution < 1.29 is 18.7 Å². The van der Waals surface area contributed by atoms with Crippen LogP contribution in [-0.4, -0.2) is 36.7 Å². The predicted molar refractivity (Wildman–Crippen MR) is 118 cm³/mol. The molecule has 1 atom stereocenters. The van der Waals surface area contributed by atoms with Gasteiger partial charge < -0.3 is 5.11 Å². The van der Waals surface area contributed by atoms with Gasteiger partial charge in [0.15, 0.2) is 0 Å². The summed E-state index contributed by atoms with van der Waals surface area (Å²) in [5, 5.41) is 7.00. The van der Waals surface area contributed by atoms with Crippen molar-refractivity contribution in [3.8, 4) is 0 Å². The van der Waals surface area contributed by atoms with Crippen LogP contribution in [0.4, 0.5) is 8.78 Å². The lowest BCUT2D eigenvalue weighted by Gasteiger charge is -2.38. The van der Waals surface area contributed by atoms with Gasteiger partial charge in [-0.25, -0.2) is 8.78 Å². The largest absolute Gasteiger partial charge is 0.400 e. The monoisotopic (exact) mass is 409 g/mol. The topological polar surface area (TPSA) is 49.7 Å². The van der Waals surface area contributed by atoms with Crippen molar-refractivity contribution in [3.63, 3.8) is 0 Å². The van der Waals surface area contributed by atoms with Crippen molar-refractivity contribution in [3.05, 3.63) is 46.5 Å². The Balaban J connectivity index is 0.000000841. The van der Waals surface area contributed by atoms with Crippen LogP contribution in [0.1, 0.15) is 70.1 Å².